The third-order valence-electron chi connectivity index (χ3n) is 2.27. The minimum Gasteiger partial charge on any atom is -0.385 e. The number of pyridine rings is 1. The number of nitrogen functional groups attached to an aromatic ring is 1. The molecule has 0 aliphatic heterocycles. The second-order valence-electron chi connectivity index (χ2n) is 4.57. The molecule has 80 valence electrons. The van der Waals surface area contributed by atoms with Crippen LogP contribution in [0.5, 0.6) is 0 Å². The standard InChI is InChI=1S/C10H14N4O/c1-10(2,3)14-5-12-8-6(15)4-7(11)13-9(8)14/h4-5H,1-3H3,(H3,11,13,15). The van der Waals surface area contributed by atoms with Gasteiger partial charge in [0.1, 0.15) is 11.5 Å². The number of imidazole rings is 1. The lowest BCUT2D eigenvalue weighted by Crippen LogP contribution is -2.21. The lowest BCUT2D eigenvalue weighted by atomic mass is 10.1. The summed E-state index contributed by atoms with van der Waals surface area (Å²) in [5, 5.41) is 0. The van der Waals surface area contributed by atoms with Gasteiger partial charge in [-0.05, 0) is 20.8 Å². The first-order chi connectivity index (χ1) is 6.89. The van der Waals surface area contributed by atoms with Crippen molar-refractivity contribution in [2.24, 2.45) is 0 Å². The van der Waals surface area contributed by atoms with Gasteiger partial charge in [-0.15, -0.1) is 0 Å². The maximum absolute atomic E-state index is 11.6. The van der Waals surface area contributed by atoms with Crippen molar-refractivity contribution in [1.82, 2.24) is 14.5 Å². The van der Waals surface area contributed by atoms with E-state index in [9.17, 15) is 4.79 Å². The Morgan fingerprint density at radius 3 is 2.73 bits per heavy atom. The van der Waals surface area contributed by atoms with Gasteiger partial charge in [0.2, 0.25) is 5.43 Å². The van der Waals surface area contributed by atoms with Gasteiger partial charge in [-0.25, -0.2) is 4.98 Å². The summed E-state index contributed by atoms with van der Waals surface area (Å²) in [7, 11) is 0. The van der Waals surface area contributed by atoms with Crippen molar-refractivity contribution in [3.63, 3.8) is 0 Å². The lowest BCUT2D eigenvalue weighted by Gasteiger charge is -2.21. The zero-order valence-electron chi connectivity index (χ0n) is 9.03. The number of hydrogen-bond acceptors (Lipinski definition) is 3. The Kier molecular flexibility index (Phi) is 1.86. The normalized spacial score (nSPS) is 12.2. The van der Waals surface area contributed by atoms with Gasteiger partial charge in [0.25, 0.3) is 0 Å². The summed E-state index contributed by atoms with van der Waals surface area (Å²) in [5.41, 5.74) is 6.42. The number of rotatable bonds is 0. The maximum Gasteiger partial charge on any atom is 0.211 e. The molecule has 0 saturated carbocycles. The van der Waals surface area contributed by atoms with Crippen LogP contribution in [0.15, 0.2) is 17.2 Å². The molecular weight excluding hydrogens is 192 g/mol. The summed E-state index contributed by atoms with van der Waals surface area (Å²) in [6, 6.07) is 1.35. The molecule has 0 saturated heterocycles. The van der Waals surface area contributed by atoms with Crippen molar-refractivity contribution < 1.29 is 0 Å². The Hall–Kier alpha value is -1.78. The molecule has 5 heteroatoms. The number of H-pyrrole nitrogens is 1. The van der Waals surface area contributed by atoms with E-state index in [4.69, 9.17) is 5.73 Å². The summed E-state index contributed by atoms with van der Waals surface area (Å²) in [6.45, 7) is 6.11. The smallest absolute Gasteiger partial charge is 0.211 e. The second-order valence-corrected chi connectivity index (χ2v) is 4.57. The molecule has 0 atom stereocenters. The highest BCUT2D eigenvalue weighted by Gasteiger charge is 2.17. The highest BCUT2D eigenvalue weighted by atomic mass is 16.1. The van der Waals surface area contributed by atoms with E-state index in [0.717, 1.165) is 0 Å². The van der Waals surface area contributed by atoms with Gasteiger partial charge in [-0.2, -0.15) is 0 Å². The Bertz CT molecular complexity index is 559. The minimum absolute atomic E-state index is 0.133. The van der Waals surface area contributed by atoms with Crippen LogP contribution in [0.3, 0.4) is 0 Å². The van der Waals surface area contributed by atoms with Gasteiger partial charge < -0.3 is 15.3 Å². The highest BCUT2D eigenvalue weighted by Crippen LogP contribution is 2.18. The summed E-state index contributed by atoms with van der Waals surface area (Å²) in [5.74, 6) is 0.360. The number of aromatic amines is 1. The van der Waals surface area contributed by atoms with Crippen molar-refractivity contribution >= 4 is 17.0 Å². The Balaban J connectivity index is 2.86. The van der Waals surface area contributed by atoms with Crippen LogP contribution in [0.25, 0.3) is 11.2 Å². The summed E-state index contributed by atoms with van der Waals surface area (Å²) < 4.78 is 1.90. The molecule has 0 amide bonds. The molecule has 0 aromatic carbocycles. The maximum atomic E-state index is 11.6. The van der Waals surface area contributed by atoms with E-state index in [1.54, 1.807) is 6.33 Å². The van der Waals surface area contributed by atoms with E-state index in [2.05, 4.69) is 9.97 Å². The third-order valence-corrected chi connectivity index (χ3v) is 2.27. The SMILES string of the molecule is CC(C)(C)n1cnc2c(=O)cc(N)[nH]c21. The molecule has 3 N–H and O–H groups in total. The Morgan fingerprint density at radius 2 is 2.13 bits per heavy atom. The fraction of sp³-hybridized carbons (Fsp3) is 0.400. The van der Waals surface area contributed by atoms with Gasteiger partial charge >= 0.3 is 0 Å². The first-order valence-corrected chi connectivity index (χ1v) is 4.76. The van der Waals surface area contributed by atoms with Crippen LogP contribution in [-0.2, 0) is 5.54 Å². The zero-order chi connectivity index (χ0) is 11.2. The van der Waals surface area contributed by atoms with Crippen LogP contribution in [0.1, 0.15) is 20.8 Å². The molecular formula is C10H14N4O. The first-order valence-electron chi connectivity index (χ1n) is 4.76. The fourth-order valence-electron chi connectivity index (χ4n) is 1.54. The number of anilines is 1. The molecule has 0 unspecified atom stereocenters. The van der Waals surface area contributed by atoms with Crippen LogP contribution < -0.4 is 11.2 Å². The van der Waals surface area contributed by atoms with Crippen LogP contribution >= 0.6 is 0 Å². The van der Waals surface area contributed by atoms with Crippen molar-refractivity contribution in [3.05, 3.63) is 22.6 Å². The predicted octanol–water partition coefficient (Wildman–Crippen LogP) is 1.06. The molecule has 2 aromatic heterocycles. The van der Waals surface area contributed by atoms with Crippen molar-refractivity contribution in [2.75, 3.05) is 5.73 Å². The van der Waals surface area contributed by atoms with Crippen LogP contribution in [0.4, 0.5) is 5.82 Å². The number of nitrogens with zero attached hydrogens (tertiary/aromatic N) is 2. The van der Waals surface area contributed by atoms with E-state index in [-0.39, 0.29) is 11.0 Å². The van der Waals surface area contributed by atoms with Gasteiger partial charge in [0.15, 0.2) is 5.52 Å². The van der Waals surface area contributed by atoms with Gasteiger partial charge in [0, 0.05) is 11.6 Å². The van der Waals surface area contributed by atoms with E-state index in [0.29, 0.717) is 17.0 Å². The molecule has 5 nitrogen and oxygen atoms in total. The van der Waals surface area contributed by atoms with E-state index in [1.165, 1.54) is 6.07 Å². The average Bonchev–Trinajstić information content (AvgIpc) is 2.45. The molecule has 2 rings (SSSR count). The van der Waals surface area contributed by atoms with Crippen molar-refractivity contribution in [2.45, 2.75) is 26.3 Å². The van der Waals surface area contributed by atoms with E-state index >= 15 is 0 Å². The molecule has 0 aliphatic carbocycles. The monoisotopic (exact) mass is 206 g/mol. The lowest BCUT2D eigenvalue weighted by molar-refractivity contribution is 0.406. The molecule has 0 aliphatic rings. The topological polar surface area (TPSA) is 76.7 Å². The van der Waals surface area contributed by atoms with Crippen LogP contribution in [0, 0.1) is 0 Å². The summed E-state index contributed by atoms with van der Waals surface area (Å²) in [6.07, 6.45) is 1.65. The molecule has 0 bridgehead atoms. The number of nitrogens with two attached hydrogens (primary N) is 1. The van der Waals surface area contributed by atoms with E-state index < -0.39 is 0 Å². The molecule has 0 spiro atoms. The second kappa shape index (κ2) is 2.85. The summed E-state index contributed by atoms with van der Waals surface area (Å²) in [4.78, 5) is 18.6. The van der Waals surface area contributed by atoms with Crippen molar-refractivity contribution in [3.8, 4) is 0 Å². The third kappa shape index (κ3) is 1.49. The largest absolute Gasteiger partial charge is 0.385 e. The molecule has 2 aromatic rings. The predicted molar refractivity (Wildman–Crippen MR) is 59.8 cm³/mol. The quantitative estimate of drug-likeness (QED) is 0.676. The van der Waals surface area contributed by atoms with Crippen LogP contribution in [0.2, 0.25) is 0 Å². The van der Waals surface area contributed by atoms with E-state index in [1.807, 2.05) is 25.3 Å². The van der Waals surface area contributed by atoms with Crippen LogP contribution in [-0.4, -0.2) is 14.5 Å². The zero-order valence-corrected chi connectivity index (χ0v) is 9.03. The highest BCUT2D eigenvalue weighted by molar-refractivity contribution is 5.72. The van der Waals surface area contributed by atoms with Crippen molar-refractivity contribution in [1.29, 1.82) is 0 Å². The van der Waals surface area contributed by atoms with Gasteiger partial charge in [0.05, 0.1) is 6.33 Å². The number of nitrogens with one attached hydrogen (secondary N) is 1. The number of aromatic nitrogens is 3. The fourth-order valence-corrected chi connectivity index (χ4v) is 1.54. The van der Waals surface area contributed by atoms with Gasteiger partial charge in [-0.1, -0.05) is 0 Å². The Labute approximate surface area is 86.9 Å². The molecule has 0 fully saturated rings. The molecule has 0 radical (unpaired) electrons. The summed E-state index contributed by atoms with van der Waals surface area (Å²) >= 11 is 0. The Morgan fingerprint density at radius 1 is 1.47 bits per heavy atom. The number of fused-ring (bicyclic) bond motifs is 1. The number of hydrogen-bond donors (Lipinski definition) is 2. The molecule has 15 heavy (non-hydrogen) atoms. The average molecular weight is 206 g/mol. The first kappa shape index (κ1) is 9.76. The molecule has 2 heterocycles. The van der Waals surface area contributed by atoms with Gasteiger partial charge in [-0.3, -0.25) is 4.79 Å². The minimum atomic E-state index is -0.149.